The van der Waals surface area contributed by atoms with Gasteiger partial charge in [-0.15, -0.1) is 0 Å². The Balaban J connectivity index is 2.15. The second kappa shape index (κ2) is 5.95. The molecular formula is C13H13IN2O. The van der Waals surface area contributed by atoms with E-state index in [0.29, 0.717) is 12.2 Å². The molecule has 0 radical (unpaired) electrons. The zero-order valence-electron chi connectivity index (χ0n) is 9.32. The highest BCUT2D eigenvalue weighted by Crippen LogP contribution is 2.11. The van der Waals surface area contributed by atoms with Crippen LogP contribution in [0.2, 0.25) is 0 Å². The van der Waals surface area contributed by atoms with Crippen molar-refractivity contribution in [3.05, 3.63) is 42.1 Å². The van der Waals surface area contributed by atoms with E-state index in [2.05, 4.69) is 32.9 Å². The standard InChI is InChI=1S/C13H13IN2O/c14-8-3-9-15-13(17)12-7-6-10-4-1-2-5-11(10)16-12/h1-2,4-7H,3,8-9H2,(H,15,17). The molecule has 0 aliphatic heterocycles. The van der Waals surface area contributed by atoms with Gasteiger partial charge >= 0.3 is 0 Å². The summed E-state index contributed by atoms with van der Waals surface area (Å²) in [6.45, 7) is 0.705. The maximum atomic E-state index is 11.8. The van der Waals surface area contributed by atoms with Gasteiger partial charge in [0.2, 0.25) is 0 Å². The molecule has 2 aromatic rings. The fourth-order valence-electron chi connectivity index (χ4n) is 1.55. The van der Waals surface area contributed by atoms with Crippen molar-refractivity contribution >= 4 is 39.4 Å². The topological polar surface area (TPSA) is 42.0 Å². The summed E-state index contributed by atoms with van der Waals surface area (Å²) < 4.78 is 1.04. The Morgan fingerprint density at radius 2 is 2.06 bits per heavy atom. The van der Waals surface area contributed by atoms with E-state index in [4.69, 9.17) is 0 Å². The summed E-state index contributed by atoms with van der Waals surface area (Å²) >= 11 is 2.29. The highest BCUT2D eigenvalue weighted by Gasteiger charge is 2.06. The summed E-state index contributed by atoms with van der Waals surface area (Å²) in [5, 5.41) is 3.91. The number of aromatic nitrogens is 1. The van der Waals surface area contributed by atoms with Gasteiger partial charge < -0.3 is 5.32 Å². The molecule has 0 aliphatic carbocycles. The first-order chi connectivity index (χ1) is 8.31. The largest absolute Gasteiger partial charge is 0.351 e. The Labute approximate surface area is 114 Å². The first-order valence-electron chi connectivity index (χ1n) is 5.51. The lowest BCUT2D eigenvalue weighted by Crippen LogP contribution is -2.25. The van der Waals surface area contributed by atoms with Crippen LogP contribution in [0.4, 0.5) is 0 Å². The van der Waals surface area contributed by atoms with Crippen LogP contribution < -0.4 is 5.32 Å². The fraction of sp³-hybridized carbons (Fsp3) is 0.231. The minimum atomic E-state index is -0.0967. The smallest absolute Gasteiger partial charge is 0.269 e. The van der Waals surface area contributed by atoms with Crippen molar-refractivity contribution in [1.29, 1.82) is 0 Å². The summed E-state index contributed by atoms with van der Waals surface area (Å²) in [7, 11) is 0. The van der Waals surface area contributed by atoms with Crippen molar-refractivity contribution in [3.8, 4) is 0 Å². The van der Waals surface area contributed by atoms with E-state index < -0.39 is 0 Å². The fourth-order valence-corrected chi connectivity index (χ4v) is 1.93. The molecule has 3 nitrogen and oxygen atoms in total. The molecule has 0 saturated heterocycles. The second-order valence-corrected chi connectivity index (χ2v) is 4.77. The number of pyridine rings is 1. The quantitative estimate of drug-likeness (QED) is 0.528. The molecule has 1 N–H and O–H groups in total. The number of hydrogen-bond acceptors (Lipinski definition) is 2. The number of nitrogens with zero attached hydrogens (tertiary/aromatic N) is 1. The van der Waals surface area contributed by atoms with Crippen LogP contribution in [0.25, 0.3) is 10.9 Å². The number of carbonyl (C=O) groups excluding carboxylic acids is 1. The van der Waals surface area contributed by atoms with Crippen molar-refractivity contribution in [2.45, 2.75) is 6.42 Å². The third kappa shape index (κ3) is 3.15. The number of rotatable bonds is 4. The number of fused-ring (bicyclic) bond motifs is 1. The van der Waals surface area contributed by atoms with Crippen molar-refractivity contribution in [2.24, 2.45) is 0 Å². The van der Waals surface area contributed by atoms with Gasteiger partial charge in [0.25, 0.3) is 5.91 Å². The van der Waals surface area contributed by atoms with Crippen molar-refractivity contribution in [3.63, 3.8) is 0 Å². The summed E-state index contributed by atoms with van der Waals surface area (Å²) in [6, 6.07) is 11.5. The predicted octanol–water partition coefficient (Wildman–Crippen LogP) is 2.79. The van der Waals surface area contributed by atoms with Crippen LogP contribution in [0.3, 0.4) is 0 Å². The van der Waals surface area contributed by atoms with E-state index in [1.165, 1.54) is 0 Å². The Kier molecular flexibility index (Phi) is 4.30. The molecule has 1 aromatic heterocycles. The minimum absolute atomic E-state index is 0.0967. The number of carbonyl (C=O) groups is 1. The van der Waals surface area contributed by atoms with E-state index in [1.807, 2.05) is 30.3 Å². The molecule has 0 aliphatic rings. The van der Waals surface area contributed by atoms with Crippen LogP contribution >= 0.6 is 22.6 Å². The molecule has 2 rings (SSSR count). The van der Waals surface area contributed by atoms with Crippen LogP contribution in [-0.2, 0) is 0 Å². The molecule has 17 heavy (non-hydrogen) atoms. The number of para-hydroxylation sites is 1. The van der Waals surface area contributed by atoms with E-state index in [0.717, 1.165) is 21.8 Å². The monoisotopic (exact) mass is 340 g/mol. The third-order valence-electron chi connectivity index (χ3n) is 2.43. The molecular weight excluding hydrogens is 327 g/mol. The van der Waals surface area contributed by atoms with Gasteiger partial charge in [0.05, 0.1) is 5.52 Å². The predicted molar refractivity (Wildman–Crippen MR) is 77.6 cm³/mol. The normalized spacial score (nSPS) is 10.4. The number of amides is 1. The summed E-state index contributed by atoms with van der Waals surface area (Å²) in [4.78, 5) is 16.1. The molecule has 0 fully saturated rings. The van der Waals surface area contributed by atoms with Gasteiger partial charge in [-0.1, -0.05) is 46.9 Å². The van der Waals surface area contributed by atoms with Gasteiger partial charge in [-0.2, -0.15) is 0 Å². The SMILES string of the molecule is O=C(NCCCI)c1ccc2ccccc2n1. The zero-order valence-corrected chi connectivity index (χ0v) is 11.5. The molecule has 0 bridgehead atoms. The van der Waals surface area contributed by atoms with Gasteiger partial charge in [-0.3, -0.25) is 4.79 Å². The van der Waals surface area contributed by atoms with Gasteiger partial charge in [0.1, 0.15) is 5.69 Å². The van der Waals surface area contributed by atoms with Crippen molar-refractivity contribution < 1.29 is 4.79 Å². The molecule has 1 heterocycles. The molecule has 1 amide bonds. The number of alkyl halides is 1. The third-order valence-corrected chi connectivity index (χ3v) is 3.19. The number of nitrogens with one attached hydrogen (secondary N) is 1. The molecule has 1 aromatic carbocycles. The molecule has 0 saturated carbocycles. The van der Waals surface area contributed by atoms with Gasteiger partial charge in [0, 0.05) is 16.4 Å². The van der Waals surface area contributed by atoms with Crippen molar-refractivity contribution in [2.75, 3.05) is 11.0 Å². The van der Waals surface area contributed by atoms with Crippen LogP contribution in [-0.4, -0.2) is 21.9 Å². The molecule has 0 spiro atoms. The van der Waals surface area contributed by atoms with E-state index in [9.17, 15) is 4.79 Å². The maximum absolute atomic E-state index is 11.8. The average molecular weight is 340 g/mol. The molecule has 0 unspecified atom stereocenters. The van der Waals surface area contributed by atoms with Gasteiger partial charge in [0.15, 0.2) is 0 Å². The van der Waals surface area contributed by atoms with Crippen LogP contribution in [0.5, 0.6) is 0 Å². The van der Waals surface area contributed by atoms with Crippen LogP contribution in [0, 0.1) is 0 Å². The Bertz CT molecular complexity index is 528. The van der Waals surface area contributed by atoms with Crippen molar-refractivity contribution in [1.82, 2.24) is 10.3 Å². The lowest BCUT2D eigenvalue weighted by atomic mass is 10.2. The van der Waals surface area contributed by atoms with E-state index in [-0.39, 0.29) is 5.91 Å². The Morgan fingerprint density at radius 1 is 1.24 bits per heavy atom. The minimum Gasteiger partial charge on any atom is -0.351 e. The Morgan fingerprint density at radius 3 is 2.88 bits per heavy atom. The average Bonchev–Trinajstić information content (AvgIpc) is 2.38. The Hall–Kier alpha value is -1.17. The van der Waals surface area contributed by atoms with Crippen LogP contribution in [0.1, 0.15) is 16.9 Å². The van der Waals surface area contributed by atoms with Gasteiger partial charge in [-0.05, 0) is 18.6 Å². The maximum Gasteiger partial charge on any atom is 0.269 e. The lowest BCUT2D eigenvalue weighted by molar-refractivity contribution is 0.0949. The number of halogens is 1. The van der Waals surface area contributed by atoms with E-state index in [1.54, 1.807) is 6.07 Å². The highest BCUT2D eigenvalue weighted by atomic mass is 127. The summed E-state index contributed by atoms with van der Waals surface area (Å²) in [6.07, 6.45) is 0.986. The first kappa shape index (κ1) is 12.3. The summed E-state index contributed by atoms with van der Waals surface area (Å²) in [5.41, 5.74) is 1.34. The van der Waals surface area contributed by atoms with Gasteiger partial charge in [-0.25, -0.2) is 4.98 Å². The number of benzene rings is 1. The van der Waals surface area contributed by atoms with E-state index >= 15 is 0 Å². The molecule has 0 atom stereocenters. The number of hydrogen-bond donors (Lipinski definition) is 1. The lowest BCUT2D eigenvalue weighted by Gasteiger charge is -2.04. The molecule has 4 heteroatoms. The zero-order chi connectivity index (χ0) is 12.1. The molecule has 88 valence electrons. The summed E-state index contributed by atoms with van der Waals surface area (Å²) in [5.74, 6) is -0.0967. The highest BCUT2D eigenvalue weighted by molar-refractivity contribution is 14.1. The second-order valence-electron chi connectivity index (χ2n) is 3.69. The first-order valence-corrected chi connectivity index (χ1v) is 7.04. The van der Waals surface area contributed by atoms with Crippen LogP contribution in [0.15, 0.2) is 36.4 Å².